The molecule has 2 saturated carbocycles. The molecule has 0 aliphatic heterocycles. The molecule has 0 spiro atoms. The van der Waals surface area contributed by atoms with Crippen molar-refractivity contribution in [3.05, 3.63) is 89.1 Å². The number of nitrogens with one attached hydrogen (secondary N) is 1. The highest BCUT2D eigenvalue weighted by Gasteiger charge is 2.44. The van der Waals surface area contributed by atoms with E-state index in [-0.39, 0.29) is 17.5 Å². The fourth-order valence-electron chi connectivity index (χ4n) is 7.41. The molecule has 0 saturated heterocycles. The van der Waals surface area contributed by atoms with Crippen molar-refractivity contribution in [3.8, 4) is 11.4 Å². The first-order chi connectivity index (χ1) is 21.7. The Bertz CT molecular complexity index is 1970. The zero-order chi connectivity index (χ0) is 31.3. The molecule has 2 fully saturated rings. The van der Waals surface area contributed by atoms with Crippen LogP contribution in [0.25, 0.3) is 39.4 Å². The lowest BCUT2D eigenvalue weighted by molar-refractivity contribution is -0.112. The first kappa shape index (κ1) is 29.1. The van der Waals surface area contributed by atoms with Gasteiger partial charge in [-0.15, -0.1) is 0 Å². The molecule has 0 atom stereocenters. The molecule has 7 rings (SSSR count). The number of benzene rings is 2. The van der Waals surface area contributed by atoms with Gasteiger partial charge in [0.2, 0.25) is 0 Å². The summed E-state index contributed by atoms with van der Waals surface area (Å²) in [5, 5.41) is 4.51. The van der Waals surface area contributed by atoms with Crippen LogP contribution in [0.4, 0.5) is 4.39 Å². The molecule has 5 aromatic rings. The Hall–Kier alpha value is -4.59. The summed E-state index contributed by atoms with van der Waals surface area (Å²) in [6.45, 7) is 1.53. The Kier molecular flexibility index (Phi) is 7.38. The van der Waals surface area contributed by atoms with Crippen LogP contribution in [0.3, 0.4) is 0 Å². The highest BCUT2D eigenvalue weighted by atomic mass is 19.1. The Morgan fingerprint density at radius 3 is 2.44 bits per heavy atom. The van der Waals surface area contributed by atoms with E-state index in [9.17, 15) is 14.0 Å². The molecule has 0 unspecified atom stereocenters. The average Bonchev–Trinajstić information content (AvgIpc) is 3.51. The summed E-state index contributed by atoms with van der Waals surface area (Å²) in [5.41, 5.74) is 6.76. The third kappa shape index (κ3) is 5.16. The van der Waals surface area contributed by atoms with Crippen molar-refractivity contribution in [3.63, 3.8) is 0 Å². The van der Waals surface area contributed by atoms with E-state index in [1.165, 1.54) is 44.0 Å². The lowest BCUT2D eigenvalue weighted by atomic mass is 9.75. The van der Waals surface area contributed by atoms with Gasteiger partial charge in [-0.05, 0) is 98.5 Å². The van der Waals surface area contributed by atoms with Gasteiger partial charge in [-0.2, -0.15) is 0 Å². The van der Waals surface area contributed by atoms with Gasteiger partial charge in [0.25, 0.3) is 5.91 Å². The van der Waals surface area contributed by atoms with E-state index in [1.54, 1.807) is 12.1 Å². The van der Waals surface area contributed by atoms with Crippen LogP contribution in [-0.2, 0) is 24.4 Å². The number of pyridine rings is 1. The van der Waals surface area contributed by atoms with E-state index in [2.05, 4.69) is 25.5 Å². The smallest absolute Gasteiger partial charge is 0.252 e. The van der Waals surface area contributed by atoms with Crippen molar-refractivity contribution in [1.29, 1.82) is 0 Å². The Morgan fingerprint density at radius 1 is 0.956 bits per heavy atom. The van der Waals surface area contributed by atoms with Crippen LogP contribution in [0.5, 0.6) is 0 Å². The lowest BCUT2D eigenvalue weighted by Gasteiger charge is -2.41. The number of nitrogens with zero attached hydrogens (tertiary/aromatic N) is 4. The third-order valence-corrected chi connectivity index (χ3v) is 9.89. The number of carbonyl (C=O) groups is 2. The minimum atomic E-state index is -0.556. The number of halogens is 1. The average molecular weight is 604 g/mol. The molecule has 7 nitrogen and oxygen atoms in total. The number of amides is 1. The molecule has 2 aromatic carbocycles. The normalized spacial score (nSPS) is 16.8. The minimum absolute atomic E-state index is 0.000915. The molecule has 8 heteroatoms. The Labute approximate surface area is 262 Å². The number of fused-ring (bicyclic) bond motifs is 2. The number of carbonyl (C=O) groups excluding carboxylic acids is 2. The standard InChI is InChI=1S/C37H38FN5O2/c1-23(44)10-11-24-12-16-29-32(20-24)43(3)36(40-29)37(18-7-19-37)41-35(45)26-13-15-28-31(21-26)42(2)34(30-17-14-27(38)22-39-30)33(28)25-8-5-4-6-9-25/h10-17,20-22,25H,4-9,18-19H2,1-3H3,(H,41,45)/b11-10+. The summed E-state index contributed by atoms with van der Waals surface area (Å²) in [4.78, 5) is 34.8. The SMILES string of the molecule is CC(=O)/C=C/c1ccc2nc(C3(NC(=O)c4ccc5c(C6CCCCC6)c(-c6ccc(F)cn6)n(C)c5c4)CCC3)n(C)c2c1. The number of imidazole rings is 1. The number of aromatic nitrogens is 4. The maximum Gasteiger partial charge on any atom is 0.252 e. The summed E-state index contributed by atoms with van der Waals surface area (Å²) in [5.74, 6) is 0.758. The summed E-state index contributed by atoms with van der Waals surface area (Å²) in [6.07, 6.45) is 13.1. The second-order valence-corrected chi connectivity index (χ2v) is 12.8. The van der Waals surface area contributed by atoms with Crippen LogP contribution < -0.4 is 5.32 Å². The number of aryl methyl sites for hydroxylation is 2. The first-order valence-corrected chi connectivity index (χ1v) is 16.0. The highest BCUT2D eigenvalue weighted by Crippen LogP contribution is 2.44. The van der Waals surface area contributed by atoms with Gasteiger partial charge in [-0.25, -0.2) is 9.37 Å². The molecule has 0 bridgehead atoms. The highest BCUT2D eigenvalue weighted by molar-refractivity contribution is 6.01. The van der Waals surface area contributed by atoms with Crippen molar-refractivity contribution in [2.75, 3.05) is 0 Å². The van der Waals surface area contributed by atoms with Crippen LogP contribution in [0.15, 0.2) is 60.8 Å². The third-order valence-electron chi connectivity index (χ3n) is 9.89. The maximum absolute atomic E-state index is 14.0. The Morgan fingerprint density at radius 2 is 1.76 bits per heavy atom. The zero-order valence-corrected chi connectivity index (χ0v) is 26.1. The molecule has 3 aromatic heterocycles. The van der Waals surface area contributed by atoms with Crippen molar-refractivity contribution in [1.82, 2.24) is 24.4 Å². The van der Waals surface area contributed by atoms with Gasteiger partial charge in [0.1, 0.15) is 11.6 Å². The number of rotatable bonds is 7. The summed E-state index contributed by atoms with van der Waals surface area (Å²) >= 11 is 0. The summed E-state index contributed by atoms with van der Waals surface area (Å²) in [6, 6.07) is 15.2. The van der Waals surface area contributed by atoms with Crippen LogP contribution in [-0.4, -0.2) is 30.8 Å². The predicted octanol–water partition coefficient (Wildman–Crippen LogP) is 7.73. The van der Waals surface area contributed by atoms with Gasteiger partial charge in [-0.3, -0.25) is 14.6 Å². The molecule has 2 aliphatic rings. The van der Waals surface area contributed by atoms with Gasteiger partial charge < -0.3 is 14.5 Å². The van der Waals surface area contributed by atoms with Crippen molar-refractivity contribution in [2.45, 2.75) is 69.7 Å². The van der Waals surface area contributed by atoms with Gasteiger partial charge in [0.15, 0.2) is 5.78 Å². The monoisotopic (exact) mass is 603 g/mol. The molecule has 230 valence electrons. The molecule has 3 heterocycles. The van der Waals surface area contributed by atoms with E-state index in [0.29, 0.717) is 11.5 Å². The van der Waals surface area contributed by atoms with E-state index >= 15 is 0 Å². The van der Waals surface area contributed by atoms with E-state index < -0.39 is 5.54 Å². The predicted molar refractivity (Wildman–Crippen MR) is 175 cm³/mol. The van der Waals surface area contributed by atoms with Crippen LogP contribution in [0.1, 0.15) is 91.5 Å². The molecule has 0 radical (unpaired) electrons. The molecule has 1 N–H and O–H groups in total. The minimum Gasteiger partial charge on any atom is -0.342 e. The van der Waals surface area contributed by atoms with Crippen LogP contribution >= 0.6 is 0 Å². The first-order valence-electron chi connectivity index (χ1n) is 16.0. The van der Waals surface area contributed by atoms with Crippen molar-refractivity contribution < 1.29 is 14.0 Å². The van der Waals surface area contributed by atoms with Crippen LogP contribution in [0, 0.1) is 5.82 Å². The van der Waals surface area contributed by atoms with Gasteiger partial charge in [-0.1, -0.05) is 37.5 Å². The molecule has 45 heavy (non-hydrogen) atoms. The van der Waals surface area contributed by atoms with Gasteiger partial charge in [0, 0.05) is 30.6 Å². The van der Waals surface area contributed by atoms with Crippen LogP contribution in [0.2, 0.25) is 0 Å². The van der Waals surface area contributed by atoms with Crippen molar-refractivity contribution in [2.24, 2.45) is 14.1 Å². The van der Waals surface area contributed by atoms with E-state index in [4.69, 9.17) is 4.98 Å². The number of hydrogen-bond acceptors (Lipinski definition) is 4. The second kappa shape index (κ2) is 11.4. The molecule has 2 aliphatic carbocycles. The van der Waals surface area contributed by atoms with Gasteiger partial charge >= 0.3 is 0 Å². The van der Waals surface area contributed by atoms with E-state index in [0.717, 1.165) is 76.8 Å². The van der Waals surface area contributed by atoms with Crippen molar-refractivity contribution >= 4 is 39.7 Å². The fourth-order valence-corrected chi connectivity index (χ4v) is 7.41. The maximum atomic E-state index is 14.0. The molecular weight excluding hydrogens is 565 g/mol. The number of hydrogen-bond donors (Lipinski definition) is 1. The topological polar surface area (TPSA) is 81.8 Å². The number of allylic oxidation sites excluding steroid dienone is 1. The largest absolute Gasteiger partial charge is 0.342 e. The second-order valence-electron chi connectivity index (χ2n) is 12.8. The van der Waals surface area contributed by atoms with E-state index in [1.807, 2.05) is 50.5 Å². The summed E-state index contributed by atoms with van der Waals surface area (Å²) < 4.78 is 18.0. The Balaban J connectivity index is 1.24. The molecule has 1 amide bonds. The number of ketones is 1. The quantitative estimate of drug-likeness (QED) is 0.193. The zero-order valence-electron chi connectivity index (χ0n) is 26.1. The summed E-state index contributed by atoms with van der Waals surface area (Å²) in [7, 11) is 4.01. The lowest BCUT2D eigenvalue weighted by Crippen LogP contribution is -2.52. The van der Waals surface area contributed by atoms with Gasteiger partial charge in [0.05, 0.1) is 34.2 Å². The fraction of sp³-hybridized carbons (Fsp3) is 0.351. The molecular formula is C37H38FN5O2.